The van der Waals surface area contributed by atoms with Crippen molar-refractivity contribution in [2.75, 3.05) is 25.6 Å². The van der Waals surface area contributed by atoms with Crippen molar-refractivity contribution in [1.29, 1.82) is 0 Å². The standard InChI is InChI=1S/C13H21N5O2/c1-13(2,3)18-10-9(8-15-18)11(19)17-12(16-10)14-6-5-7-20-4/h8H,5-7H2,1-4H3,(H2,14,16,17,19). The summed E-state index contributed by atoms with van der Waals surface area (Å²) >= 11 is 0. The highest BCUT2D eigenvalue weighted by molar-refractivity contribution is 5.74. The topological polar surface area (TPSA) is 84.8 Å². The minimum absolute atomic E-state index is 0.181. The number of aromatic nitrogens is 4. The highest BCUT2D eigenvalue weighted by Crippen LogP contribution is 2.18. The average molecular weight is 279 g/mol. The molecule has 2 rings (SSSR count). The summed E-state index contributed by atoms with van der Waals surface area (Å²) in [5.74, 6) is 0.463. The van der Waals surface area contributed by atoms with Gasteiger partial charge < -0.3 is 10.1 Å². The van der Waals surface area contributed by atoms with E-state index in [2.05, 4.69) is 20.4 Å². The number of aromatic amines is 1. The smallest absolute Gasteiger partial charge is 0.263 e. The molecule has 0 atom stereocenters. The SMILES string of the molecule is COCCCNc1nc2c(cnn2C(C)(C)C)c(=O)[nH]1. The van der Waals surface area contributed by atoms with Crippen molar-refractivity contribution >= 4 is 17.0 Å². The van der Waals surface area contributed by atoms with E-state index in [0.717, 1.165) is 6.42 Å². The van der Waals surface area contributed by atoms with Crippen LogP contribution in [0.1, 0.15) is 27.2 Å². The summed E-state index contributed by atoms with van der Waals surface area (Å²) in [6.45, 7) is 7.42. The maximum atomic E-state index is 12.0. The van der Waals surface area contributed by atoms with Crippen LogP contribution in [0.25, 0.3) is 11.0 Å². The van der Waals surface area contributed by atoms with Gasteiger partial charge in [-0.05, 0) is 27.2 Å². The minimum Gasteiger partial charge on any atom is -0.385 e. The highest BCUT2D eigenvalue weighted by Gasteiger charge is 2.19. The second-order valence-electron chi connectivity index (χ2n) is 5.65. The third-order valence-corrected chi connectivity index (χ3v) is 2.89. The van der Waals surface area contributed by atoms with Crippen molar-refractivity contribution < 1.29 is 4.74 Å². The lowest BCUT2D eigenvalue weighted by atomic mass is 10.1. The summed E-state index contributed by atoms with van der Waals surface area (Å²) < 4.78 is 6.74. The Kier molecular flexibility index (Phi) is 4.08. The van der Waals surface area contributed by atoms with Crippen LogP contribution >= 0.6 is 0 Å². The summed E-state index contributed by atoms with van der Waals surface area (Å²) in [4.78, 5) is 19.2. The summed E-state index contributed by atoms with van der Waals surface area (Å²) in [5, 5.41) is 7.86. The molecule has 0 saturated carbocycles. The molecule has 0 unspecified atom stereocenters. The summed E-state index contributed by atoms with van der Waals surface area (Å²) in [5.41, 5.74) is 0.186. The first-order chi connectivity index (χ1) is 9.43. The first-order valence-electron chi connectivity index (χ1n) is 6.65. The second kappa shape index (κ2) is 5.62. The number of fused-ring (bicyclic) bond motifs is 1. The molecule has 0 aliphatic heterocycles. The van der Waals surface area contributed by atoms with Crippen LogP contribution in [0.5, 0.6) is 0 Å². The lowest BCUT2D eigenvalue weighted by molar-refractivity contribution is 0.197. The van der Waals surface area contributed by atoms with E-state index < -0.39 is 0 Å². The molecule has 0 radical (unpaired) electrons. The highest BCUT2D eigenvalue weighted by atomic mass is 16.5. The largest absolute Gasteiger partial charge is 0.385 e. The van der Waals surface area contributed by atoms with Crippen LogP contribution in [-0.2, 0) is 10.3 Å². The lowest BCUT2D eigenvalue weighted by Crippen LogP contribution is -2.24. The number of anilines is 1. The van der Waals surface area contributed by atoms with Gasteiger partial charge in [0.05, 0.1) is 11.7 Å². The quantitative estimate of drug-likeness (QED) is 0.806. The molecule has 0 aliphatic rings. The van der Waals surface area contributed by atoms with E-state index in [4.69, 9.17) is 4.74 Å². The lowest BCUT2D eigenvalue weighted by Gasteiger charge is -2.19. The third kappa shape index (κ3) is 2.98. The van der Waals surface area contributed by atoms with E-state index in [1.165, 1.54) is 0 Å². The van der Waals surface area contributed by atoms with Crippen molar-refractivity contribution in [3.05, 3.63) is 16.6 Å². The fourth-order valence-electron chi connectivity index (χ4n) is 1.92. The van der Waals surface area contributed by atoms with E-state index >= 15 is 0 Å². The Morgan fingerprint density at radius 3 is 2.85 bits per heavy atom. The molecule has 0 bridgehead atoms. The number of nitrogens with zero attached hydrogens (tertiary/aromatic N) is 3. The second-order valence-corrected chi connectivity index (χ2v) is 5.65. The van der Waals surface area contributed by atoms with Crippen molar-refractivity contribution in [2.24, 2.45) is 0 Å². The maximum absolute atomic E-state index is 12.0. The molecule has 2 N–H and O–H groups in total. The zero-order valence-electron chi connectivity index (χ0n) is 12.4. The van der Waals surface area contributed by atoms with Crippen LogP contribution < -0.4 is 10.9 Å². The number of hydrogen-bond acceptors (Lipinski definition) is 5. The first-order valence-corrected chi connectivity index (χ1v) is 6.65. The van der Waals surface area contributed by atoms with Gasteiger partial charge in [-0.25, -0.2) is 4.68 Å². The first kappa shape index (κ1) is 14.5. The number of methoxy groups -OCH3 is 1. The molecule has 2 aromatic rings. The van der Waals surface area contributed by atoms with Gasteiger partial charge in [-0.3, -0.25) is 9.78 Å². The van der Waals surface area contributed by atoms with Crippen LogP contribution in [0.2, 0.25) is 0 Å². The molecule has 0 fully saturated rings. The van der Waals surface area contributed by atoms with Crippen LogP contribution in [0, 0.1) is 0 Å². The van der Waals surface area contributed by atoms with E-state index in [0.29, 0.717) is 30.1 Å². The van der Waals surface area contributed by atoms with Gasteiger partial charge in [0, 0.05) is 20.3 Å². The Hall–Kier alpha value is -1.89. The number of hydrogen-bond donors (Lipinski definition) is 2. The number of rotatable bonds is 5. The van der Waals surface area contributed by atoms with E-state index in [1.807, 2.05) is 20.8 Å². The van der Waals surface area contributed by atoms with Crippen molar-refractivity contribution in [2.45, 2.75) is 32.7 Å². The molecule has 0 amide bonds. The Labute approximate surface area is 117 Å². The van der Waals surface area contributed by atoms with Crippen molar-refractivity contribution in [1.82, 2.24) is 19.7 Å². The van der Waals surface area contributed by atoms with Gasteiger partial charge in [0.1, 0.15) is 5.39 Å². The summed E-state index contributed by atoms with van der Waals surface area (Å²) in [6.07, 6.45) is 2.40. The van der Waals surface area contributed by atoms with Crippen LogP contribution in [0.4, 0.5) is 5.95 Å². The average Bonchev–Trinajstić information content (AvgIpc) is 2.79. The zero-order chi connectivity index (χ0) is 14.8. The monoisotopic (exact) mass is 279 g/mol. The third-order valence-electron chi connectivity index (χ3n) is 2.89. The summed E-state index contributed by atoms with van der Waals surface area (Å²) in [7, 11) is 1.66. The molecule has 0 aromatic carbocycles. The van der Waals surface area contributed by atoms with Crippen molar-refractivity contribution in [3.63, 3.8) is 0 Å². The molecule has 0 aliphatic carbocycles. The normalized spacial score (nSPS) is 12.0. The zero-order valence-corrected chi connectivity index (χ0v) is 12.4. The Morgan fingerprint density at radius 1 is 1.45 bits per heavy atom. The van der Waals surface area contributed by atoms with Crippen molar-refractivity contribution in [3.8, 4) is 0 Å². The predicted octanol–water partition coefficient (Wildman–Crippen LogP) is 1.32. The van der Waals surface area contributed by atoms with E-state index in [-0.39, 0.29) is 11.1 Å². The molecule has 2 heterocycles. The number of H-pyrrole nitrogens is 1. The van der Waals surface area contributed by atoms with Gasteiger partial charge in [0.2, 0.25) is 5.95 Å². The van der Waals surface area contributed by atoms with Crippen LogP contribution in [-0.4, -0.2) is 40.0 Å². The Morgan fingerprint density at radius 2 is 2.20 bits per heavy atom. The van der Waals surface area contributed by atoms with Gasteiger partial charge in [-0.15, -0.1) is 0 Å². The predicted molar refractivity (Wildman–Crippen MR) is 78.1 cm³/mol. The molecule has 0 spiro atoms. The Balaban J connectivity index is 2.32. The molecular weight excluding hydrogens is 258 g/mol. The van der Waals surface area contributed by atoms with E-state index in [9.17, 15) is 4.79 Å². The van der Waals surface area contributed by atoms with Gasteiger partial charge >= 0.3 is 0 Å². The molecule has 20 heavy (non-hydrogen) atoms. The van der Waals surface area contributed by atoms with Crippen LogP contribution in [0.15, 0.2) is 11.0 Å². The van der Waals surface area contributed by atoms with Gasteiger partial charge in [0.15, 0.2) is 5.65 Å². The molecule has 110 valence electrons. The number of nitrogens with one attached hydrogen (secondary N) is 2. The summed E-state index contributed by atoms with van der Waals surface area (Å²) in [6, 6.07) is 0. The van der Waals surface area contributed by atoms with Crippen LogP contribution in [0.3, 0.4) is 0 Å². The Bertz CT molecular complexity index is 638. The fourth-order valence-corrected chi connectivity index (χ4v) is 1.92. The molecule has 2 aromatic heterocycles. The van der Waals surface area contributed by atoms with Gasteiger partial charge in [-0.1, -0.05) is 0 Å². The maximum Gasteiger partial charge on any atom is 0.263 e. The molecule has 0 saturated heterocycles. The fraction of sp³-hybridized carbons (Fsp3) is 0.615. The molecule has 7 nitrogen and oxygen atoms in total. The molecule has 7 heteroatoms. The van der Waals surface area contributed by atoms with Gasteiger partial charge in [0.25, 0.3) is 5.56 Å². The molecular formula is C13H21N5O2. The van der Waals surface area contributed by atoms with E-state index in [1.54, 1.807) is 18.0 Å². The van der Waals surface area contributed by atoms with Gasteiger partial charge in [-0.2, -0.15) is 10.1 Å². The minimum atomic E-state index is -0.226. The number of ether oxygens (including phenoxy) is 1.